The van der Waals surface area contributed by atoms with Gasteiger partial charge in [-0.15, -0.1) is 0 Å². The quantitative estimate of drug-likeness (QED) is 0.856. The number of hydrogen-bond acceptors (Lipinski definition) is 2. The molecule has 0 saturated carbocycles. The third kappa shape index (κ3) is 3.83. The molecule has 112 valence electrons. The number of aryl methyl sites for hydroxylation is 1. The van der Waals surface area contributed by atoms with E-state index < -0.39 is 0 Å². The van der Waals surface area contributed by atoms with Gasteiger partial charge in [0.05, 0.1) is 0 Å². The number of benzene rings is 1. The summed E-state index contributed by atoms with van der Waals surface area (Å²) in [6, 6.07) is 9.84. The summed E-state index contributed by atoms with van der Waals surface area (Å²) in [7, 11) is 0. The fraction of sp³-hybridized carbons (Fsp3) is 0.667. The molecule has 2 rings (SSSR count). The van der Waals surface area contributed by atoms with Crippen LogP contribution in [0.2, 0.25) is 0 Å². The van der Waals surface area contributed by atoms with Crippen LogP contribution in [0, 0.1) is 5.92 Å². The van der Waals surface area contributed by atoms with E-state index in [0.717, 1.165) is 18.9 Å². The van der Waals surface area contributed by atoms with Crippen LogP contribution in [0.5, 0.6) is 0 Å². The van der Waals surface area contributed by atoms with E-state index in [2.05, 4.69) is 43.0 Å². The smallest absolute Gasteiger partial charge is 0.0345 e. The first kappa shape index (κ1) is 15.5. The molecule has 0 aliphatic carbocycles. The van der Waals surface area contributed by atoms with Crippen LogP contribution in [0.15, 0.2) is 24.3 Å². The Kier molecular flexibility index (Phi) is 6.06. The molecule has 2 nitrogen and oxygen atoms in total. The van der Waals surface area contributed by atoms with E-state index in [9.17, 15) is 0 Å². The Hall–Kier alpha value is -0.860. The summed E-state index contributed by atoms with van der Waals surface area (Å²) in [6.07, 6.45) is 6.17. The second-order valence-corrected chi connectivity index (χ2v) is 6.08. The topological polar surface area (TPSA) is 29.3 Å². The maximum Gasteiger partial charge on any atom is 0.0345 e. The summed E-state index contributed by atoms with van der Waals surface area (Å²) in [4.78, 5) is 2.67. The van der Waals surface area contributed by atoms with Gasteiger partial charge in [-0.3, -0.25) is 4.90 Å². The van der Waals surface area contributed by atoms with E-state index in [4.69, 9.17) is 5.73 Å². The predicted octanol–water partition coefficient (Wildman–Crippen LogP) is 3.76. The van der Waals surface area contributed by atoms with Crippen molar-refractivity contribution in [3.63, 3.8) is 0 Å². The Labute approximate surface area is 124 Å². The Morgan fingerprint density at radius 2 is 1.80 bits per heavy atom. The minimum absolute atomic E-state index is 0.597. The third-order valence-electron chi connectivity index (χ3n) is 4.82. The van der Waals surface area contributed by atoms with Crippen LogP contribution in [0.1, 0.15) is 56.7 Å². The van der Waals surface area contributed by atoms with Crippen molar-refractivity contribution in [2.75, 3.05) is 19.6 Å². The number of likely N-dealkylation sites (tertiary alicyclic amines) is 1. The molecule has 1 unspecified atom stereocenters. The Morgan fingerprint density at radius 1 is 1.15 bits per heavy atom. The molecular formula is C18H30N2. The van der Waals surface area contributed by atoms with Crippen LogP contribution < -0.4 is 5.73 Å². The molecule has 0 radical (unpaired) electrons. The molecule has 2 heteroatoms. The third-order valence-corrected chi connectivity index (χ3v) is 4.82. The van der Waals surface area contributed by atoms with Gasteiger partial charge in [-0.1, -0.05) is 38.1 Å². The van der Waals surface area contributed by atoms with Crippen molar-refractivity contribution in [2.24, 2.45) is 11.7 Å². The molecule has 1 heterocycles. The molecule has 1 aliphatic heterocycles. The lowest BCUT2D eigenvalue weighted by molar-refractivity contribution is 0.126. The van der Waals surface area contributed by atoms with Crippen LogP contribution in [-0.4, -0.2) is 24.5 Å². The maximum atomic E-state index is 5.68. The molecule has 2 N–H and O–H groups in total. The fourth-order valence-electron chi connectivity index (χ4n) is 3.47. The summed E-state index contributed by atoms with van der Waals surface area (Å²) in [5.74, 6) is 0.858. The van der Waals surface area contributed by atoms with Crippen LogP contribution in [-0.2, 0) is 6.42 Å². The minimum Gasteiger partial charge on any atom is -0.330 e. The molecule has 0 aromatic heterocycles. The molecule has 1 aromatic rings. The second kappa shape index (κ2) is 7.80. The molecule has 1 aliphatic rings. The van der Waals surface area contributed by atoms with Gasteiger partial charge in [0.15, 0.2) is 0 Å². The summed E-state index contributed by atoms with van der Waals surface area (Å²) < 4.78 is 0. The SMILES string of the molecule is CCc1ccc(C(CC)N2CCC(CCN)CC2)cc1. The average Bonchev–Trinajstić information content (AvgIpc) is 2.51. The first-order chi connectivity index (χ1) is 9.78. The molecule has 1 fully saturated rings. The van der Waals surface area contributed by atoms with Gasteiger partial charge in [0, 0.05) is 6.04 Å². The minimum atomic E-state index is 0.597. The molecular weight excluding hydrogens is 244 g/mol. The molecule has 0 amide bonds. The van der Waals surface area contributed by atoms with Crippen molar-refractivity contribution in [3.05, 3.63) is 35.4 Å². The largest absolute Gasteiger partial charge is 0.330 e. The monoisotopic (exact) mass is 274 g/mol. The zero-order chi connectivity index (χ0) is 14.4. The molecule has 1 aromatic carbocycles. The van der Waals surface area contributed by atoms with Crippen molar-refractivity contribution in [1.29, 1.82) is 0 Å². The van der Waals surface area contributed by atoms with Crippen molar-refractivity contribution >= 4 is 0 Å². The van der Waals surface area contributed by atoms with Crippen LogP contribution in [0.4, 0.5) is 0 Å². The molecule has 1 saturated heterocycles. The van der Waals surface area contributed by atoms with Gasteiger partial charge in [0.1, 0.15) is 0 Å². The molecule has 0 spiro atoms. The number of piperidine rings is 1. The van der Waals surface area contributed by atoms with Crippen molar-refractivity contribution in [2.45, 2.75) is 52.0 Å². The fourth-order valence-corrected chi connectivity index (χ4v) is 3.47. The summed E-state index contributed by atoms with van der Waals surface area (Å²) in [5.41, 5.74) is 8.61. The average molecular weight is 274 g/mol. The number of nitrogens with zero attached hydrogens (tertiary/aromatic N) is 1. The number of rotatable bonds is 6. The van der Waals surface area contributed by atoms with Gasteiger partial charge >= 0.3 is 0 Å². The van der Waals surface area contributed by atoms with Crippen LogP contribution in [0.25, 0.3) is 0 Å². The van der Waals surface area contributed by atoms with Gasteiger partial charge in [-0.05, 0) is 68.8 Å². The van der Waals surface area contributed by atoms with E-state index in [1.165, 1.54) is 49.9 Å². The zero-order valence-corrected chi connectivity index (χ0v) is 13.1. The van der Waals surface area contributed by atoms with Crippen LogP contribution >= 0.6 is 0 Å². The van der Waals surface area contributed by atoms with E-state index in [1.54, 1.807) is 0 Å². The van der Waals surface area contributed by atoms with Crippen LogP contribution in [0.3, 0.4) is 0 Å². The lowest BCUT2D eigenvalue weighted by atomic mass is 9.91. The van der Waals surface area contributed by atoms with Crippen molar-refractivity contribution in [3.8, 4) is 0 Å². The lowest BCUT2D eigenvalue weighted by Crippen LogP contribution is -2.37. The summed E-state index contributed by atoms with van der Waals surface area (Å²) in [6.45, 7) is 7.84. The predicted molar refractivity (Wildman–Crippen MR) is 86.8 cm³/mol. The van der Waals surface area contributed by atoms with Gasteiger partial charge in [0.25, 0.3) is 0 Å². The number of nitrogens with two attached hydrogens (primary N) is 1. The Bertz CT molecular complexity index is 377. The normalized spacial score (nSPS) is 19.1. The van der Waals surface area contributed by atoms with Crippen molar-refractivity contribution in [1.82, 2.24) is 4.90 Å². The van der Waals surface area contributed by atoms with E-state index in [-0.39, 0.29) is 0 Å². The van der Waals surface area contributed by atoms with E-state index in [1.807, 2.05) is 0 Å². The molecule has 20 heavy (non-hydrogen) atoms. The first-order valence-electron chi connectivity index (χ1n) is 8.31. The molecule has 1 atom stereocenters. The first-order valence-corrected chi connectivity index (χ1v) is 8.31. The molecule has 0 bridgehead atoms. The highest BCUT2D eigenvalue weighted by Crippen LogP contribution is 2.30. The standard InChI is InChI=1S/C18H30N2/c1-3-15-5-7-17(8-6-15)18(4-2)20-13-10-16(9-12-19)11-14-20/h5-8,16,18H,3-4,9-14,19H2,1-2H3. The second-order valence-electron chi connectivity index (χ2n) is 6.08. The highest BCUT2D eigenvalue weighted by Gasteiger charge is 2.24. The van der Waals surface area contributed by atoms with Gasteiger partial charge in [-0.25, -0.2) is 0 Å². The highest BCUT2D eigenvalue weighted by molar-refractivity contribution is 5.25. The maximum absolute atomic E-state index is 5.68. The highest BCUT2D eigenvalue weighted by atomic mass is 15.2. The summed E-state index contributed by atoms with van der Waals surface area (Å²) in [5, 5.41) is 0. The van der Waals surface area contributed by atoms with E-state index in [0.29, 0.717) is 6.04 Å². The summed E-state index contributed by atoms with van der Waals surface area (Å²) >= 11 is 0. The van der Waals surface area contributed by atoms with Crippen molar-refractivity contribution < 1.29 is 0 Å². The van der Waals surface area contributed by atoms with E-state index >= 15 is 0 Å². The van der Waals surface area contributed by atoms with Gasteiger partial charge in [-0.2, -0.15) is 0 Å². The Balaban J connectivity index is 1.97. The lowest BCUT2D eigenvalue weighted by Gasteiger charge is -2.37. The van der Waals surface area contributed by atoms with Gasteiger partial charge in [0.2, 0.25) is 0 Å². The Morgan fingerprint density at radius 3 is 2.30 bits per heavy atom. The van der Waals surface area contributed by atoms with Gasteiger partial charge < -0.3 is 5.73 Å². The zero-order valence-electron chi connectivity index (χ0n) is 13.1. The number of hydrogen-bond donors (Lipinski definition) is 1.